The largest absolute Gasteiger partial charge is 0.456 e. The maximum atomic E-state index is 12.3. The van der Waals surface area contributed by atoms with Gasteiger partial charge in [0.05, 0.1) is 22.8 Å². The lowest BCUT2D eigenvalue weighted by atomic mass is 10.1. The molecule has 1 saturated heterocycles. The minimum Gasteiger partial charge on any atom is -0.456 e. The van der Waals surface area contributed by atoms with Gasteiger partial charge in [-0.25, -0.2) is 4.79 Å². The Hall–Kier alpha value is -2.39. The van der Waals surface area contributed by atoms with Gasteiger partial charge >= 0.3 is 5.97 Å². The Balaban J connectivity index is 1.70. The second-order valence-corrected chi connectivity index (χ2v) is 6.65. The number of non-ortho nitro benzene ring substituents is 1. The molecule has 0 saturated carbocycles. The van der Waals surface area contributed by atoms with E-state index in [1.165, 1.54) is 47.9 Å². The summed E-state index contributed by atoms with van der Waals surface area (Å²) >= 11 is 1.29. The summed E-state index contributed by atoms with van der Waals surface area (Å²) in [7, 11) is 0. The van der Waals surface area contributed by atoms with Gasteiger partial charge in [0.1, 0.15) is 12.3 Å². The molecule has 2 atom stereocenters. The molecule has 0 radical (unpaired) electrons. The van der Waals surface area contributed by atoms with Crippen molar-refractivity contribution in [1.82, 2.24) is 4.90 Å². The third-order valence-electron chi connectivity index (χ3n) is 3.73. The molecule has 8 nitrogen and oxygen atoms in total. The molecule has 0 spiro atoms. The summed E-state index contributed by atoms with van der Waals surface area (Å²) in [6.07, 6.45) is -0.532. The molecule has 1 unspecified atom stereocenters. The minimum atomic E-state index is -0.865. The molecule has 9 heteroatoms. The summed E-state index contributed by atoms with van der Waals surface area (Å²) in [5, 5.41) is 20.3. The van der Waals surface area contributed by atoms with Gasteiger partial charge in [-0.15, -0.1) is 0 Å². The summed E-state index contributed by atoms with van der Waals surface area (Å²) in [6.45, 7) is 1.45. The van der Waals surface area contributed by atoms with Crippen LogP contribution in [0.25, 0.3) is 0 Å². The highest BCUT2D eigenvalue weighted by molar-refractivity contribution is 8.04. The van der Waals surface area contributed by atoms with Crippen molar-refractivity contribution in [3.8, 4) is 0 Å². The van der Waals surface area contributed by atoms with E-state index in [-0.39, 0.29) is 29.3 Å². The lowest BCUT2D eigenvalue weighted by Gasteiger charge is -2.34. The molecule has 126 valence electrons. The van der Waals surface area contributed by atoms with Gasteiger partial charge in [0, 0.05) is 17.0 Å². The Morgan fingerprint density at radius 2 is 2.17 bits per heavy atom. The highest BCUT2D eigenvalue weighted by Gasteiger charge is 2.49. The maximum Gasteiger partial charge on any atom is 0.356 e. The van der Waals surface area contributed by atoms with Gasteiger partial charge in [0.15, 0.2) is 0 Å². The van der Waals surface area contributed by atoms with Gasteiger partial charge in [-0.3, -0.25) is 19.8 Å². The summed E-state index contributed by atoms with van der Waals surface area (Å²) in [5.41, 5.74) is 0.633. The number of β-lactam (4-membered cyclic amide) rings is 1. The zero-order valence-electron chi connectivity index (χ0n) is 12.7. The van der Waals surface area contributed by atoms with E-state index in [1.807, 2.05) is 0 Å². The van der Waals surface area contributed by atoms with Crippen molar-refractivity contribution in [2.24, 2.45) is 0 Å². The van der Waals surface area contributed by atoms with Gasteiger partial charge in [-0.05, 0) is 24.6 Å². The van der Waals surface area contributed by atoms with Gasteiger partial charge in [0.25, 0.3) is 5.69 Å². The molecule has 3 rings (SSSR count). The standard InChI is InChI=1S/C15H14N2O6S/c1-8(18)14-13(16-11(19)6-12(16)24-14)15(20)23-7-9-2-4-10(5-3-9)17(21)22/h2-5,8,12,18H,6-7H2,1H3/t8?,12-/m1/s1. The number of hydrogen-bond donors (Lipinski definition) is 1. The van der Waals surface area contributed by atoms with E-state index in [9.17, 15) is 24.8 Å². The van der Waals surface area contributed by atoms with Crippen LogP contribution >= 0.6 is 11.8 Å². The SMILES string of the molecule is CC(O)C1=C(C(=O)OCc2ccc([N+](=O)[O-])cc2)N2C(=O)C[C@H]2S1. The van der Waals surface area contributed by atoms with Crippen molar-refractivity contribution in [1.29, 1.82) is 0 Å². The Morgan fingerprint density at radius 1 is 1.50 bits per heavy atom. The van der Waals surface area contributed by atoms with Crippen LogP contribution in [0.15, 0.2) is 34.9 Å². The van der Waals surface area contributed by atoms with E-state index in [0.29, 0.717) is 16.9 Å². The highest BCUT2D eigenvalue weighted by Crippen LogP contribution is 2.47. The van der Waals surface area contributed by atoms with Crippen molar-refractivity contribution < 1.29 is 24.4 Å². The lowest BCUT2D eigenvalue weighted by Crippen LogP contribution is -2.48. The van der Waals surface area contributed by atoms with E-state index in [2.05, 4.69) is 0 Å². The first kappa shape index (κ1) is 16.5. The number of amides is 1. The Kier molecular flexibility index (Phi) is 4.29. The number of benzene rings is 1. The number of carbonyl (C=O) groups is 2. The molecule has 2 aliphatic rings. The predicted molar refractivity (Wildman–Crippen MR) is 84.4 cm³/mol. The Bertz CT molecular complexity index is 743. The fraction of sp³-hybridized carbons (Fsp3) is 0.333. The number of fused-ring (bicyclic) bond motifs is 1. The smallest absolute Gasteiger partial charge is 0.356 e. The van der Waals surface area contributed by atoms with Crippen molar-refractivity contribution >= 4 is 29.3 Å². The van der Waals surface area contributed by atoms with Crippen LogP contribution in [-0.2, 0) is 20.9 Å². The Morgan fingerprint density at radius 3 is 2.71 bits per heavy atom. The van der Waals surface area contributed by atoms with E-state index in [0.717, 1.165) is 0 Å². The molecular weight excluding hydrogens is 336 g/mol. The molecule has 0 bridgehead atoms. The number of ether oxygens (including phenoxy) is 1. The summed E-state index contributed by atoms with van der Waals surface area (Å²) in [6, 6.07) is 5.64. The van der Waals surface area contributed by atoms with Crippen LogP contribution in [0.3, 0.4) is 0 Å². The van der Waals surface area contributed by atoms with E-state index in [4.69, 9.17) is 4.74 Å². The fourth-order valence-electron chi connectivity index (χ4n) is 2.50. The molecule has 0 aromatic heterocycles. The van der Waals surface area contributed by atoms with Gasteiger partial charge in [-0.1, -0.05) is 11.8 Å². The van der Waals surface area contributed by atoms with E-state index < -0.39 is 17.0 Å². The summed E-state index contributed by atoms with van der Waals surface area (Å²) in [5.74, 6) is -0.863. The van der Waals surface area contributed by atoms with Crippen molar-refractivity contribution in [3.05, 3.63) is 50.5 Å². The molecule has 0 aliphatic carbocycles. The van der Waals surface area contributed by atoms with Gasteiger partial charge in [0.2, 0.25) is 5.91 Å². The number of aliphatic hydroxyl groups excluding tert-OH is 1. The number of nitro benzene ring substituents is 1. The maximum absolute atomic E-state index is 12.3. The van der Waals surface area contributed by atoms with Gasteiger partial charge in [-0.2, -0.15) is 0 Å². The number of carbonyl (C=O) groups excluding carboxylic acids is 2. The third-order valence-corrected chi connectivity index (χ3v) is 5.17. The quantitative estimate of drug-likeness (QED) is 0.371. The molecule has 1 amide bonds. The first-order valence-electron chi connectivity index (χ1n) is 7.20. The first-order chi connectivity index (χ1) is 11.4. The monoisotopic (exact) mass is 350 g/mol. The molecule has 1 fully saturated rings. The summed E-state index contributed by atoms with van der Waals surface area (Å²) < 4.78 is 5.21. The van der Waals surface area contributed by atoms with Crippen LogP contribution in [0.1, 0.15) is 18.9 Å². The average Bonchev–Trinajstić information content (AvgIpc) is 2.86. The molecule has 1 N–H and O–H groups in total. The zero-order valence-corrected chi connectivity index (χ0v) is 13.5. The number of aliphatic hydroxyl groups is 1. The van der Waals surface area contributed by atoms with Crippen molar-refractivity contribution in [3.63, 3.8) is 0 Å². The number of nitro groups is 1. The van der Waals surface area contributed by atoms with Crippen LogP contribution in [0, 0.1) is 10.1 Å². The predicted octanol–water partition coefficient (Wildman–Crippen LogP) is 1.54. The van der Waals surface area contributed by atoms with Crippen molar-refractivity contribution in [2.45, 2.75) is 31.4 Å². The van der Waals surface area contributed by atoms with Crippen LogP contribution in [0.5, 0.6) is 0 Å². The number of thioether (sulfide) groups is 1. The van der Waals surface area contributed by atoms with E-state index in [1.54, 1.807) is 0 Å². The third kappa shape index (κ3) is 2.87. The average molecular weight is 350 g/mol. The molecule has 24 heavy (non-hydrogen) atoms. The second kappa shape index (κ2) is 6.25. The number of rotatable bonds is 5. The van der Waals surface area contributed by atoms with Crippen LogP contribution in [0.2, 0.25) is 0 Å². The molecule has 1 aromatic rings. The molecule has 2 heterocycles. The number of esters is 1. The molecular formula is C15H14N2O6S. The van der Waals surface area contributed by atoms with Crippen LogP contribution in [-0.4, -0.2) is 38.3 Å². The fourth-order valence-corrected chi connectivity index (χ4v) is 3.84. The minimum absolute atomic E-state index is 0.0506. The molecule has 2 aliphatic heterocycles. The van der Waals surface area contributed by atoms with E-state index >= 15 is 0 Å². The summed E-state index contributed by atoms with van der Waals surface area (Å²) in [4.78, 5) is 35.9. The first-order valence-corrected chi connectivity index (χ1v) is 8.08. The van der Waals surface area contributed by atoms with Crippen molar-refractivity contribution in [2.75, 3.05) is 0 Å². The number of hydrogen-bond acceptors (Lipinski definition) is 7. The van der Waals surface area contributed by atoms with Gasteiger partial charge < -0.3 is 9.84 Å². The Labute approximate surface area is 141 Å². The topological polar surface area (TPSA) is 110 Å². The van der Waals surface area contributed by atoms with Crippen LogP contribution < -0.4 is 0 Å². The zero-order chi connectivity index (χ0) is 17.4. The highest BCUT2D eigenvalue weighted by atomic mass is 32.2. The lowest BCUT2D eigenvalue weighted by molar-refractivity contribution is -0.384. The van der Waals surface area contributed by atoms with Crippen LogP contribution in [0.4, 0.5) is 5.69 Å². The number of nitrogens with zero attached hydrogens (tertiary/aromatic N) is 2. The second-order valence-electron chi connectivity index (χ2n) is 5.43. The molecule has 1 aromatic carbocycles. The normalized spacial score (nSPS) is 20.5.